The zero-order valence-corrected chi connectivity index (χ0v) is 30.7. The number of nitrogens with zero attached hydrogens (tertiary/aromatic N) is 2. The van der Waals surface area contributed by atoms with Crippen molar-refractivity contribution in [2.24, 2.45) is 0 Å². The molecule has 3 rings (SSSR count). The molecule has 0 bridgehead atoms. The number of imide groups is 1. The zero-order chi connectivity index (χ0) is 35.7. The van der Waals surface area contributed by atoms with Crippen molar-refractivity contribution in [3.8, 4) is 5.75 Å². The average molecular weight is 699 g/mol. The topological polar surface area (TPSA) is 85.8 Å². The summed E-state index contributed by atoms with van der Waals surface area (Å²) >= 11 is 0.979. The fourth-order valence-electron chi connectivity index (χ4n) is 5.05. The van der Waals surface area contributed by atoms with Crippen LogP contribution >= 0.6 is 11.8 Å². The normalized spacial score (nSPS) is 15.2. The maximum Gasteiger partial charge on any atom is 0.307 e. The van der Waals surface area contributed by atoms with Crippen molar-refractivity contribution in [2.75, 3.05) is 13.3 Å². The zero-order valence-electron chi connectivity index (χ0n) is 29.8. The van der Waals surface area contributed by atoms with Crippen LogP contribution in [0, 0.1) is 0 Å². The number of pyridine rings is 1. The summed E-state index contributed by atoms with van der Waals surface area (Å²) in [5, 5.41) is -0.925. The Morgan fingerprint density at radius 2 is 1.44 bits per heavy atom. The summed E-state index contributed by atoms with van der Waals surface area (Å²) in [6, 6.07) is 11.7. The van der Waals surface area contributed by atoms with Gasteiger partial charge in [-0.05, 0) is 93.5 Å². The van der Waals surface area contributed by atoms with E-state index in [1.165, 1.54) is 5.56 Å². The van der Waals surface area contributed by atoms with E-state index in [0.717, 1.165) is 91.5 Å². The van der Waals surface area contributed by atoms with Crippen molar-refractivity contribution >= 4 is 28.9 Å². The van der Waals surface area contributed by atoms with Crippen LogP contribution in [0.2, 0.25) is 0 Å². The summed E-state index contributed by atoms with van der Waals surface area (Å²) in [6.45, 7) is 4.44. The molecule has 1 aliphatic rings. The van der Waals surface area contributed by atoms with Crippen LogP contribution in [-0.2, 0) is 33.6 Å². The Balaban J connectivity index is 1.21. The maximum absolute atomic E-state index is 12.9. The number of amides is 2. The first-order chi connectivity index (χ1) is 24.5. The first-order valence-corrected chi connectivity index (χ1v) is 19.0. The summed E-state index contributed by atoms with van der Waals surface area (Å²) in [5.74, 6) is 0.0215. The van der Waals surface area contributed by atoms with Gasteiger partial charge in [0.1, 0.15) is 5.75 Å². The van der Waals surface area contributed by atoms with Crippen LogP contribution in [0.1, 0.15) is 94.9 Å². The van der Waals surface area contributed by atoms with Crippen molar-refractivity contribution in [1.29, 1.82) is 0 Å². The monoisotopic (exact) mass is 698 g/mol. The van der Waals surface area contributed by atoms with Crippen molar-refractivity contribution < 1.29 is 23.9 Å². The van der Waals surface area contributed by atoms with Crippen LogP contribution in [0.4, 0.5) is 4.79 Å². The summed E-state index contributed by atoms with van der Waals surface area (Å²) in [6.07, 6.45) is 34.7. The second-order valence-electron chi connectivity index (χ2n) is 12.0. The number of hydrogen-bond donors (Lipinski definition) is 0. The minimum atomic E-state index is -0.541. The Hall–Kier alpha value is -4.17. The molecule has 1 aromatic carbocycles. The molecule has 1 saturated heterocycles. The van der Waals surface area contributed by atoms with E-state index < -0.39 is 11.2 Å². The lowest BCUT2D eigenvalue weighted by Gasteiger charge is -2.14. The number of aryl methyl sites for hydroxylation is 1. The van der Waals surface area contributed by atoms with Crippen molar-refractivity contribution in [3.05, 3.63) is 120 Å². The van der Waals surface area contributed by atoms with Crippen LogP contribution in [0.15, 0.2) is 103 Å². The van der Waals surface area contributed by atoms with Crippen LogP contribution < -0.4 is 4.74 Å². The molecule has 2 heterocycles. The van der Waals surface area contributed by atoms with Gasteiger partial charge in [-0.2, -0.15) is 0 Å². The molecule has 0 N–H and O–H groups in total. The van der Waals surface area contributed by atoms with Gasteiger partial charge in [0.25, 0.3) is 5.24 Å². The smallest absolute Gasteiger partial charge is 0.307 e. The number of ether oxygens (including phenoxy) is 2. The van der Waals surface area contributed by atoms with Crippen LogP contribution in [0.3, 0.4) is 0 Å². The molecule has 0 radical (unpaired) electrons. The highest BCUT2D eigenvalue weighted by Gasteiger charge is 2.40. The van der Waals surface area contributed by atoms with E-state index in [1.807, 2.05) is 36.5 Å². The van der Waals surface area contributed by atoms with Crippen LogP contribution in [0.25, 0.3) is 0 Å². The van der Waals surface area contributed by atoms with Gasteiger partial charge in [-0.15, -0.1) is 0 Å². The molecule has 8 heteroatoms. The number of allylic oxidation sites excluding steroid dienone is 10. The number of rotatable bonds is 24. The minimum Gasteiger partial charge on any atom is -0.493 e. The first kappa shape index (κ1) is 40.3. The molecule has 1 atom stereocenters. The number of aromatic nitrogens is 1. The molecule has 268 valence electrons. The van der Waals surface area contributed by atoms with Gasteiger partial charge >= 0.3 is 5.97 Å². The number of benzene rings is 1. The van der Waals surface area contributed by atoms with E-state index in [4.69, 9.17) is 9.47 Å². The predicted octanol–water partition coefficient (Wildman–Crippen LogP) is 10.1. The lowest BCUT2D eigenvalue weighted by molar-refractivity contribution is -0.149. The Bertz CT molecular complexity index is 1440. The molecule has 0 aliphatic carbocycles. The number of hydrogen-bond acceptors (Lipinski definition) is 7. The van der Waals surface area contributed by atoms with Gasteiger partial charge in [0.2, 0.25) is 5.91 Å². The first-order valence-electron chi connectivity index (χ1n) is 18.1. The van der Waals surface area contributed by atoms with Gasteiger partial charge in [0.15, 0.2) is 6.73 Å². The highest BCUT2D eigenvalue weighted by atomic mass is 32.2. The second kappa shape index (κ2) is 24.9. The largest absolute Gasteiger partial charge is 0.493 e. The molecule has 0 saturated carbocycles. The van der Waals surface area contributed by atoms with Gasteiger partial charge in [0, 0.05) is 24.7 Å². The molecule has 2 aromatic rings. The van der Waals surface area contributed by atoms with Crippen LogP contribution in [0.5, 0.6) is 5.75 Å². The van der Waals surface area contributed by atoms with Gasteiger partial charge in [-0.25, -0.2) is 4.90 Å². The highest BCUT2D eigenvalue weighted by molar-refractivity contribution is 8.15. The standard InChI is InChI=1S/C42H54N2O5S/c1-3-5-6-7-8-9-10-11-12-13-14-15-16-17-18-19-20-21-22-23-40(45)49-34-44-41(46)39(50-42(44)47)32-36-25-28-38(29-26-36)48-31-30-37-27-24-35(4-2)33-43-37/h5-6,8-9,11-12,14-15,17-18,24-29,33,39H,3-4,7,10,13,16,19-23,30-32,34H2,1-2H3/b6-5-,9-8-,12-11-,15-14-,18-17-. The maximum atomic E-state index is 12.9. The number of unbranched alkanes of at least 4 members (excludes halogenated alkanes) is 3. The molecule has 0 spiro atoms. The van der Waals surface area contributed by atoms with Crippen molar-refractivity contribution in [1.82, 2.24) is 9.88 Å². The fraction of sp³-hybridized carbons (Fsp3) is 0.429. The summed E-state index contributed by atoms with van der Waals surface area (Å²) in [5.41, 5.74) is 3.13. The van der Waals surface area contributed by atoms with E-state index in [-0.39, 0.29) is 24.3 Å². The van der Waals surface area contributed by atoms with E-state index >= 15 is 0 Å². The van der Waals surface area contributed by atoms with Gasteiger partial charge in [0.05, 0.1) is 11.9 Å². The molecule has 1 aromatic heterocycles. The van der Waals surface area contributed by atoms with E-state index in [1.54, 1.807) is 0 Å². The fourth-order valence-corrected chi connectivity index (χ4v) is 6.07. The lowest BCUT2D eigenvalue weighted by atomic mass is 10.1. The third kappa shape index (κ3) is 16.5. The average Bonchev–Trinajstić information content (AvgIpc) is 3.39. The molecule has 50 heavy (non-hydrogen) atoms. The molecular formula is C42H54N2O5S. The summed E-state index contributed by atoms with van der Waals surface area (Å²) in [4.78, 5) is 43.2. The molecule has 2 amide bonds. The van der Waals surface area contributed by atoms with Crippen molar-refractivity contribution in [3.63, 3.8) is 0 Å². The molecular weight excluding hydrogens is 645 g/mol. The number of esters is 1. The third-order valence-corrected chi connectivity index (χ3v) is 9.11. The predicted molar refractivity (Wildman–Crippen MR) is 205 cm³/mol. The van der Waals surface area contributed by atoms with E-state index in [0.29, 0.717) is 25.9 Å². The lowest BCUT2D eigenvalue weighted by Crippen LogP contribution is -2.35. The Morgan fingerprint density at radius 1 is 0.800 bits per heavy atom. The van der Waals surface area contributed by atoms with Gasteiger partial charge in [-0.3, -0.25) is 19.4 Å². The number of thioether (sulfide) groups is 1. The summed E-state index contributed by atoms with van der Waals surface area (Å²) in [7, 11) is 0. The Morgan fingerprint density at radius 3 is 2.06 bits per heavy atom. The minimum absolute atomic E-state index is 0.272. The number of carbonyl (C=O) groups is 3. The van der Waals surface area contributed by atoms with Crippen LogP contribution in [-0.4, -0.2) is 45.6 Å². The third-order valence-electron chi connectivity index (χ3n) is 8.03. The molecule has 1 unspecified atom stereocenters. The molecule has 7 nitrogen and oxygen atoms in total. The molecule has 1 fully saturated rings. The number of carbonyl (C=O) groups excluding carboxylic acids is 3. The molecule has 1 aliphatic heterocycles. The Labute approximate surface area is 303 Å². The highest BCUT2D eigenvalue weighted by Crippen LogP contribution is 2.30. The SMILES string of the molecule is CC/C=C\C/C=C\C/C=C\C/C=C\C/C=C\CCCCCC(=O)OCN1C(=O)SC(Cc2ccc(OCCc3ccc(CC)cn3)cc2)C1=O. The van der Waals surface area contributed by atoms with Gasteiger partial charge in [-0.1, -0.05) is 111 Å². The van der Waals surface area contributed by atoms with E-state index in [9.17, 15) is 14.4 Å². The summed E-state index contributed by atoms with van der Waals surface area (Å²) < 4.78 is 11.1. The quantitative estimate of drug-likeness (QED) is 0.0613. The van der Waals surface area contributed by atoms with Crippen molar-refractivity contribution in [2.45, 2.75) is 103 Å². The van der Waals surface area contributed by atoms with Gasteiger partial charge < -0.3 is 9.47 Å². The van der Waals surface area contributed by atoms with E-state index in [2.05, 4.69) is 85.7 Å². The Kier molecular flexibility index (Phi) is 20.0. The second-order valence-corrected chi connectivity index (χ2v) is 13.2.